The lowest BCUT2D eigenvalue weighted by molar-refractivity contribution is -0.127. The van der Waals surface area contributed by atoms with E-state index in [1.807, 2.05) is 60.0 Å². The third-order valence-electron chi connectivity index (χ3n) is 7.25. The lowest BCUT2D eigenvalue weighted by Gasteiger charge is -2.44. The molecular weight excluding hydrogens is 430 g/mol. The quantitative estimate of drug-likeness (QED) is 0.606. The summed E-state index contributed by atoms with van der Waals surface area (Å²) in [5.74, 6) is 1.08. The van der Waals surface area contributed by atoms with Crippen LogP contribution in [0.3, 0.4) is 0 Å². The van der Waals surface area contributed by atoms with Crippen molar-refractivity contribution in [3.63, 3.8) is 0 Å². The molecule has 2 heterocycles. The molecule has 34 heavy (non-hydrogen) atoms. The Bertz CT molecular complexity index is 1230. The molecule has 3 aromatic rings. The molecule has 1 N–H and O–H groups in total. The number of ether oxygens (including phenoxy) is 2. The summed E-state index contributed by atoms with van der Waals surface area (Å²) in [5, 5.41) is 4.21. The smallest absolute Gasteiger partial charge is 0.275 e. The highest BCUT2D eigenvalue weighted by Gasteiger charge is 2.49. The molecule has 178 valence electrons. The van der Waals surface area contributed by atoms with Crippen molar-refractivity contribution in [1.29, 1.82) is 0 Å². The molecule has 5 rings (SSSR count). The second-order valence-electron chi connectivity index (χ2n) is 9.46. The van der Waals surface area contributed by atoms with E-state index in [0.717, 1.165) is 36.6 Å². The molecule has 1 aliphatic carbocycles. The largest absolute Gasteiger partial charge is 0.497 e. The first-order valence-corrected chi connectivity index (χ1v) is 11.9. The molecule has 2 aromatic carbocycles. The maximum atomic E-state index is 14.0. The molecule has 0 bridgehead atoms. The van der Waals surface area contributed by atoms with Crippen molar-refractivity contribution in [3.8, 4) is 11.5 Å². The fraction of sp³-hybridized carbons (Fsp3) is 0.407. The Morgan fingerprint density at radius 3 is 2.32 bits per heavy atom. The molecule has 1 fully saturated rings. The standard InChI is InChI=1S/C27H31N3O4/c1-27(26(32)28-19-7-5-4-6-8-19)17-29-23-16-22(34-3)12-9-18(23)15-24(29)25(31)30(27)20-10-13-21(33-2)14-11-20/h9-16,19H,4-8,17H2,1-3H3,(H,28,32)/t27-/m1/s1. The highest BCUT2D eigenvalue weighted by molar-refractivity contribution is 6.14. The third-order valence-corrected chi connectivity index (χ3v) is 7.25. The topological polar surface area (TPSA) is 72.8 Å². The van der Waals surface area contributed by atoms with Crippen LogP contribution in [0.4, 0.5) is 5.69 Å². The number of amides is 2. The number of rotatable bonds is 5. The molecule has 2 amide bonds. The van der Waals surface area contributed by atoms with E-state index in [1.54, 1.807) is 19.1 Å². The number of nitrogens with one attached hydrogen (secondary N) is 1. The Morgan fingerprint density at radius 2 is 1.65 bits per heavy atom. The van der Waals surface area contributed by atoms with Crippen molar-refractivity contribution in [2.24, 2.45) is 0 Å². The minimum absolute atomic E-state index is 0.126. The third kappa shape index (κ3) is 3.69. The van der Waals surface area contributed by atoms with Gasteiger partial charge in [-0.1, -0.05) is 19.3 Å². The average molecular weight is 462 g/mol. The van der Waals surface area contributed by atoms with Gasteiger partial charge in [-0.3, -0.25) is 14.5 Å². The van der Waals surface area contributed by atoms with Gasteiger partial charge in [0.25, 0.3) is 5.91 Å². The molecule has 0 unspecified atom stereocenters. The van der Waals surface area contributed by atoms with Gasteiger partial charge in [-0.15, -0.1) is 0 Å². The van der Waals surface area contributed by atoms with E-state index < -0.39 is 5.54 Å². The molecule has 1 atom stereocenters. The Labute approximate surface area is 199 Å². The Kier molecular flexibility index (Phi) is 5.71. The van der Waals surface area contributed by atoms with Crippen LogP contribution >= 0.6 is 0 Å². The van der Waals surface area contributed by atoms with Gasteiger partial charge in [-0.25, -0.2) is 0 Å². The second kappa shape index (κ2) is 8.70. The van der Waals surface area contributed by atoms with Gasteiger partial charge in [0, 0.05) is 23.2 Å². The van der Waals surface area contributed by atoms with Crippen LogP contribution in [0.25, 0.3) is 10.9 Å². The van der Waals surface area contributed by atoms with Crippen LogP contribution < -0.4 is 19.7 Å². The van der Waals surface area contributed by atoms with Gasteiger partial charge in [0.2, 0.25) is 5.91 Å². The van der Waals surface area contributed by atoms with Gasteiger partial charge < -0.3 is 19.4 Å². The summed E-state index contributed by atoms with van der Waals surface area (Å²) in [5.41, 5.74) is 1.00. The van der Waals surface area contributed by atoms with Crippen LogP contribution in [0.15, 0.2) is 48.5 Å². The molecule has 1 aromatic heterocycles. The number of aromatic nitrogens is 1. The zero-order chi connectivity index (χ0) is 23.9. The molecule has 1 aliphatic heterocycles. The number of hydrogen-bond acceptors (Lipinski definition) is 4. The number of carbonyl (C=O) groups excluding carboxylic acids is 2. The predicted octanol–water partition coefficient (Wildman–Crippen LogP) is 4.53. The summed E-state index contributed by atoms with van der Waals surface area (Å²) in [7, 11) is 3.23. The van der Waals surface area contributed by atoms with Crippen molar-refractivity contribution in [3.05, 3.63) is 54.2 Å². The number of carbonyl (C=O) groups is 2. The Morgan fingerprint density at radius 1 is 0.971 bits per heavy atom. The van der Waals surface area contributed by atoms with Gasteiger partial charge in [0.05, 0.1) is 26.3 Å². The number of fused-ring (bicyclic) bond motifs is 3. The van der Waals surface area contributed by atoms with E-state index in [0.29, 0.717) is 29.4 Å². The van der Waals surface area contributed by atoms with Crippen LogP contribution in [0.1, 0.15) is 49.5 Å². The monoisotopic (exact) mass is 461 g/mol. The van der Waals surface area contributed by atoms with Crippen LogP contribution in [0, 0.1) is 0 Å². The fourth-order valence-electron chi connectivity index (χ4n) is 5.32. The van der Waals surface area contributed by atoms with Gasteiger partial charge >= 0.3 is 0 Å². The van der Waals surface area contributed by atoms with Gasteiger partial charge in [-0.05, 0) is 62.2 Å². The number of anilines is 1. The second-order valence-corrected chi connectivity index (χ2v) is 9.46. The number of nitrogens with zero attached hydrogens (tertiary/aromatic N) is 2. The summed E-state index contributed by atoms with van der Waals surface area (Å²) in [4.78, 5) is 29.5. The predicted molar refractivity (Wildman–Crippen MR) is 132 cm³/mol. The fourth-order valence-corrected chi connectivity index (χ4v) is 5.32. The van der Waals surface area contributed by atoms with E-state index in [2.05, 4.69) is 5.32 Å². The SMILES string of the molecule is COc1ccc(N2C(=O)c3cc4ccc(OC)cc4n3C[C@]2(C)C(=O)NC2CCCCC2)cc1. The first-order chi connectivity index (χ1) is 16.4. The number of methoxy groups -OCH3 is 2. The lowest BCUT2D eigenvalue weighted by Crippen LogP contribution is -2.65. The summed E-state index contributed by atoms with van der Waals surface area (Å²) in [6, 6.07) is 15.1. The Balaban J connectivity index is 1.61. The highest BCUT2D eigenvalue weighted by Crippen LogP contribution is 2.37. The normalized spacial score (nSPS) is 20.8. The minimum Gasteiger partial charge on any atom is -0.497 e. The molecule has 0 spiro atoms. The first kappa shape index (κ1) is 22.3. The zero-order valence-electron chi connectivity index (χ0n) is 20.0. The summed E-state index contributed by atoms with van der Waals surface area (Å²) >= 11 is 0. The van der Waals surface area contributed by atoms with Crippen molar-refractivity contribution in [1.82, 2.24) is 9.88 Å². The van der Waals surface area contributed by atoms with Crippen molar-refractivity contribution < 1.29 is 19.1 Å². The van der Waals surface area contributed by atoms with Crippen molar-refractivity contribution >= 4 is 28.4 Å². The molecule has 1 saturated carbocycles. The minimum atomic E-state index is -1.11. The maximum Gasteiger partial charge on any atom is 0.275 e. The molecule has 7 nitrogen and oxygen atoms in total. The van der Waals surface area contributed by atoms with Crippen LogP contribution in [0.5, 0.6) is 11.5 Å². The van der Waals surface area contributed by atoms with E-state index in [1.165, 1.54) is 6.42 Å². The van der Waals surface area contributed by atoms with Gasteiger partial charge in [0.15, 0.2) is 0 Å². The molecule has 7 heteroatoms. The van der Waals surface area contributed by atoms with Crippen molar-refractivity contribution in [2.75, 3.05) is 19.1 Å². The maximum absolute atomic E-state index is 14.0. The molecule has 2 aliphatic rings. The van der Waals surface area contributed by atoms with Crippen LogP contribution in [-0.2, 0) is 11.3 Å². The summed E-state index contributed by atoms with van der Waals surface area (Å²) < 4.78 is 12.7. The van der Waals surface area contributed by atoms with E-state index in [4.69, 9.17) is 9.47 Å². The highest BCUT2D eigenvalue weighted by atomic mass is 16.5. The molecule has 0 saturated heterocycles. The van der Waals surface area contributed by atoms with E-state index >= 15 is 0 Å². The molecule has 0 radical (unpaired) electrons. The van der Waals surface area contributed by atoms with E-state index in [-0.39, 0.29) is 17.9 Å². The summed E-state index contributed by atoms with van der Waals surface area (Å²) in [6.45, 7) is 2.21. The van der Waals surface area contributed by atoms with E-state index in [9.17, 15) is 9.59 Å². The zero-order valence-corrected chi connectivity index (χ0v) is 20.0. The first-order valence-electron chi connectivity index (χ1n) is 11.9. The average Bonchev–Trinajstić information content (AvgIpc) is 3.22. The number of benzene rings is 2. The summed E-state index contributed by atoms with van der Waals surface area (Å²) in [6.07, 6.45) is 5.41. The Hall–Kier alpha value is -3.48. The molecular formula is C27H31N3O4. The number of hydrogen-bond donors (Lipinski definition) is 1. The van der Waals surface area contributed by atoms with Gasteiger partial charge in [-0.2, -0.15) is 0 Å². The lowest BCUT2D eigenvalue weighted by atomic mass is 9.91. The van der Waals surface area contributed by atoms with Crippen LogP contribution in [0.2, 0.25) is 0 Å². The van der Waals surface area contributed by atoms with Crippen molar-refractivity contribution in [2.45, 2.75) is 57.2 Å². The van der Waals surface area contributed by atoms with Crippen LogP contribution in [-0.4, -0.2) is 42.2 Å². The van der Waals surface area contributed by atoms with Gasteiger partial charge in [0.1, 0.15) is 22.7 Å².